The van der Waals surface area contributed by atoms with E-state index in [1.54, 1.807) is 23.1 Å². The van der Waals surface area contributed by atoms with E-state index in [0.29, 0.717) is 28.7 Å². The number of amidine groups is 1. The van der Waals surface area contributed by atoms with E-state index in [2.05, 4.69) is 10.5 Å². The molecule has 1 saturated carbocycles. The Labute approximate surface area is 132 Å². The van der Waals surface area contributed by atoms with Crippen molar-refractivity contribution in [3.63, 3.8) is 0 Å². The number of rotatable bonds is 5. The molecule has 0 bridgehead atoms. The summed E-state index contributed by atoms with van der Waals surface area (Å²) in [4.78, 5) is 14.0. The fourth-order valence-electron chi connectivity index (χ4n) is 1.90. The van der Waals surface area contributed by atoms with Gasteiger partial charge >= 0.3 is 6.03 Å². The Bertz CT molecular complexity index is 561. The number of oxime groups is 1. The molecule has 1 aliphatic rings. The van der Waals surface area contributed by atoms with Crippen LogP contribution in [-0.4, -0.2) is 34.6 Å². The lowest BCUT2D eigenvalue weighted by Crippen LogP contribution is -2.39. The molecular weight excluding hydrogens is 315 g/mol. The van der Waals surface area contributed by atoms with Crippen LogP contribution in [0.25, 0.3) is 0 Å². The van der Waals surface area contributed by atoms with Crippen LogP contribution in [0.15, 0.2) is 23.4 Å². The average molecular weight is 331 g/mol. The van der Waals surface area contributed by atoms with E-state index in [4.69, 9.17) is 34.1 Å². The summed E-state index contributed by atoms with van der Waals surface area (Å²) in [7, 11) is 0. The highest BCUT2D eigenvalue weighted by molar-refractivity contribution is 6.35. The van der Waals surface area contributed by atoms with Gasteiger partial charge in [-0.15, -0.1) is 0 Å². The Hall–Kier alpha value is -1.66. The van der Waals surface area contributed by atoms with E-state index >= 15 is 0 Å². The normalized spacial score (nSPS) is 14.9. The summed E-state index contributed by atoms with van der Waals surface area (Å²) in [6, 6.07) is 4.78. The first-order valence-electron chi connectivity index (χ1n) is 6.50. The van der Waals surface area contributed by atoms with Crippen molar-refractivity contribution in [2.24, 2.45) is 10.9 Å². The molecule has 0 spiro atoms. The zero-order valence-electron chi connectivity index (χ0n) is 11.2. The zero-order valence-corrected chi connectivity index (χ0v) is 12.7. The van der Waals surface area contributed by atoms with Crippen LogP contribution in [0.2, 0.25) is 10.0 Å². The Morgan fingerprint density at radius 3 is 2.81 bits per heavy atom. The zero-order chi connectivity index (χ0) is 15.4. The van der Waals surface area contributed by atoms with E-state index in [9.17, 15) is 4.79 Å². The van der Waals surface area contributed by atoms with E-state index in [-0.39, 0.29) is 17.9 Å². The second kappa shape index (κ2) is 6.87. The SMILES string of the molecule is NC(CCN(C(=O)Nc1cc(Cl)ccc1Cl)C1CC1)=NO. The predicted molar refractivity (Wildman–Crippen MR) is 83.2 cm³/mol. The van der Waals surface area contributed by atoms with Crippen LogP contribution >= 0.6 is 23.2 Å². The Morgan fingerprint density at radius 2 is 2.19 bits per heavy atom. The molecule has 0 heterocycles. The van der Waals surface area contributed by atoms with Crippen LogP contribution in [0, 0.1) is 0 Å². The number of benzene rings is 1. The van der Waals surface area contributed by atoms with Crippen molar-refractivity contribution in [1.82, 2.24) is 4.90 Å². The lowest BCUT2D eigenvalue weighted by Gasteiger charge is -2.23. The molecule has 2 amide bonds. The van der Waals surface area contributed by atoms with Gasteiger partial charge in [-0.25, -0.2) is 4.79 Å². The number of hydrogen-bond donors (Lipinski definition) is 3. The lowest BCUT2D eigenvalue weighted by molar-refractivity contribution is 0.210. The van der Waals surface area contributed by atoms with Crippen molar-refractivity contribution < 1.29 is 10.0 Å². The lowest BCUT2D eigenvalue weighted by atomic mass is 10.3. The van der Waals surface area contributed by atoms with Crippen LogP contribution in [-0.2, 0) is 0 Å². The summed E-state index contributed by atoms with van der Waals surface area (Å²) in [6.07, 6.45) is 2.21. The number of nitrogens with two attached hydrogens (primary N) is 1. The third-order valence-electron chi connectivity index (χ3n) is 3.16. The third-order valence-corrected chi connectivity index (χ3v) is 3.72. The highest BCUT2D eigenvalue weighted by atomic mass is 35.5. The van der Waals surface area contributed by atoms with Gasteiger partial charge in [-0.05, 0) is 31.0 Å². The summed E-state index contributed by atoms with van der Waals surface area (Å²) in [6.45, 7) is 0.380. The van der Waals surface area contributed by atoms with Crippen LogP contribution in [0.3, 0.4) is 0 Å². The average Bonchev–Trinajstić information content (AvgIpc) is 3.27. The fraction of sp³-hybridized carbons (Fsp3) is 0.385. The highest BCUT2D eigenvalue weighted by Crippen LogP contribution is 2.29. The van der Waals surface area contributed by atoms with Gasteiger partial charge in [0, 0.05) is 24.0 Å². The minimum atomic E-state index is -0.271. The van der Waals surface area contributed by atoms with Crippen molar-refractivity contribution in [3.8, 4) is 0 Å². The molecule has 21 heavy (non-hydrogen) atoms. The van der Waals surface area contributed by atoms with Crippen LogP contribution in [0.1, 0.15) is 19.3 Å². The molecule has 0 atom stereocenters. The Balaban J connectivity index is 2.03. The van der Waals surface area contributed by atoms with Gasteiger partial charge in [0.1, 0.15) is 5.84 Å². The number of carbonyl (C=O) groups is 1. The molecule has 1 aromatic carbocycles. The second-order valence-corrected chi connectivity index (χ2v) is 5.66. The molecule has 2 rings (SSSR count). The van der Waals surface area contributed by atoms with Crippen LogP contribution in [0.5, 0.6) is 0 Å². The van der Waals surface area contributed by atoms with Gasteiger partial charge in [-0.1, -0.05) is 28.4 Å². The maximum absolute atomic E-state index is 12.3. The number of anilines is 1. The maximum atomic E-state index is 12.3. The Kier molecular flexibility index (Phi) is 5.14. The quantitative estimate of drug-likeness (QED) is 0.335. The van der Waals surface area contributed by atoms with Crippen LogP contribution in [0.4, 0.5) is 10.5 Å². The minimum Gasteiger partial charge on any atom is -0.409 e. The Morgan fingerprint density at radius 1 is 1.48 bits per heavy atom. The van der Waals surface area contributed by atoms with E-state index in [1.807, 2.05) is 0 Å². The fourth-order valence-corrected chi connectivity index (χ4v) is 2.24. The maximum Gasteiger partial charge on any atom is 0.322 e. The van der Waals surface area contributed by atoms with Gasteiger partial charge in [0.25, 0.3) is 0 Å². The summed E-state index contributed by atoms with van der Waals surface area (Å²) >= 11 is 11.9. The molecular formula is C13H16Cl2N4O2. The van der Waals surface area contributed by atoms with Crippen molar-refractivity contribution in [2.75, 3.05) is 11.9 Å². The highest BCUT2D eigenvalue weighted by Gasteiger charge is 2.32. The van der Waals surface area contributed by atoms with E-state index < -0.39 is 0 Å². The number of amides is 2. The number of hydrogen-bond acceptors (Lipinski definition) is 3. The number of carbonyl (C=O) groups excluding carboxylic acids is 1. The molecule has 1 aliphatic carbocycles. The van der Waals surface area contributed by atoms with Gasteiger partial charge in [0.05, 0.1) is 10.7 Å². The number of urea groups is 1. The first-order valence-corrected chi connectivity index (χ1v) is 7.26. The third kappa shape index (κ3) is 4.41. The number of nitrogens with zero attached hydrogens (tertiary/aromatic N) is 2. The predicted octanol–water partition coefficient (Wildman–Crippen LogP) is 3.13. The van der Waals surface area contributed by atoms with Crippen molar-refractivity contribution in [3.05, 3.63) is 28.2 Å². The van der Waals surface area contributed by atoms with Crippen molar-refractivity contribution >= 4 is 40.8 Å². The molecule has 0 saturated heterocycles. The molecule has 6 nitrogen and oxygen atoms in total. The largest absolute Gasteiger partial charge is 0.409 e. The summed E-state index contributed by atoms with van der Waals surface area (Å²) in [5.41, 5.74) is 5.90. The molecule has 0 aromatic heterocycles. The number of nitrogens with one attached hydrogen (secondary N) is 1. The smallest absolute Gasteiger partial charge is 0.322 e. The van der Waals surface area contributed by atoms with Gasteiger partial charge < -0.3 is 21.2 Å². The van der Waals surface area contributed by atoms with Gasteiger partial charge in [0.15, 0.2) is 0 Å². The molecule has 1 fully saturated rings. The first kappa shape index (κ1) is 15.7. The van der Waals surface area contributed by atoms with E-state index in [0.717, 1.165) is 12.8 Å². The molecule has 0 aliphatic heterocycles. The van der Waals surface area contributed by atoms with E-state index in [1.165, 1.54) is 0 Å². The molecule has 0 radical (unpaired) electrons. The first-order chi connectivity index (χ1) is 10.0. The van der Waals surface area contributed by atoms with Gasteiger partial charge in [-0.3, -0.25) is 0 Å². The summed E-state index contributed by atoms with van der Waals surface area (Å²) in [5.74, 6) is 0.0919. The van der Waals surface area contributed by atoms with Crippen molar-refractivity contribution in [2.45, 2.75) is 25.3 Å². The summed E-state index contributed by atoms with van der Waals surface area (Å²) in [5, 5.41) is 15.1. The van der Waals surface area contributed by atoms with Gasteiger partial charge in [0.2, 0.25) is 0 Å². The second-order valence-electron chi connectivity index (χ2n) is 4.82. The number of halogens is 2. The molecule has 1 aromatic rings. The van der Waals surface area contributed by atoms with Crippen molar-refractivity contribution in [1.29, 1.82) is 0 Å². The topological polar surface area (TPSA) is 91.0 Å². The minimum absolute atomic E-state index is 0.0919. The molecule has 114 valence electrons. The standard InChI is InChI=1S/C13H16Cl2N4O2/c14-8-1-4-10(15)11(7-8)17-13(20)19(9-2-3-9)6-5-12(16)18-21/h1,4,7,9,21H,2-3,5-6H2,(H2,16,18)(H,17,20). The molecule has 0 unspecified atom stereocenters. The van der Waals surface area contributed by atoms with Crippen LogP contribution < -0.4 is 11.1 Å². The summed E-state index contributed by atoms with van der Waals surface area (Å²) < 4.78 is 0. The molecule has 8 heteroatoms. The van der Waals surface area contributed by atoms with Gasteiger partial charge in [-0.2, -0.15) is 0 Å². The monoisotopic (exact) mass is 330 g/mol. The molecule has 4 N–H and O–H groups in total.